The van der Waals surface area contributed by atoms with E-state index in [1.165, 1.54) is 24.0 Å². The maximum Gasteiger partial charge on any atom is 0.357 e. The van der Waals surface area contributed by atoms with Gasteiger partial charge in [0.25, 0.3) is 0 Å². The van der Waals surface area contributed by atoms with E-state index in [0.29, 0.717) is 0 Å². The number of aryl methyl sites for hydroxylation is 2. The largest absolute Gasteiger partial charge is 0.484 e. The lowest BCUT2D eigenvalue weighted by molar-refractivity contribution is 0.0690. The van der Waals surface area contributed by atoms with Gasteiger partial charge in [0.1, 0.15) is 12.0 Å². The van der Waals surface area contributed by atoms with Gasteiger partial charge < -0.3 is 14.3 Å². The van der Waals surface area contributed by atoms with Gasteiger partial charge in [-0.2, -0.15) is 0 Å². The first-order valence-electron chi connectivity index (χ1n) is 6.64. The molecule has 1 aromatic heterocycles. The third-order valence-corrected chi connectivity index (χ3v) is 3.45. The van der Waals surface area contributed by atoms with E-state index in [2.05, 4.69) is 17.1 Å². The van der Waals surface area contributed by atoms with Crippen LogP contribution >= 0.6 is 0 Å². The number of ether oxygens (including phenoxy) is 1. The first-order chi connectivity index (χ1) is 9.72. The molecule has 0 bridgehead atoms. The molecule has 0 atom stereocenters. The molecule has 0 amide bonds. The number of fused-ring (bicyclic) bond motifs is 1. The number of rotatable bonds is 4. The minimum atomic E-state index is -1.10. The van der Waals surface area contributed by atoms with E-state index in [0.717, 1.165) is 24.9 Å². The van der Waals surface area contributed by atoms with Gasteiger partial charge in [0.15, 0.2) is 12.3 Å². The highest BCUT2D eigenvalue weighted by Crippen LogP contribution is 2.25. The van der Waals surface area contributed by atoms with Gasteiger partial charge in [-0.25, -0.2) is 9.78 Å². The summed E-state index contributed by atoms with van der Waals surface area (Å²) in [6.07, 6.45) is 5.82. The maximum absolute atomic E-state index is 10.7. The molecular formula is C15H15NO4. The molecule has 1 heterocycles. The Morgan fingerprint density at radius 2 is 2.10 bits per heavy atom. The van der Waals surface area contributed by atoms with Crippen LogP contribution in [0.1, 0.15) is 40.3 Å². The van der Waals surface area contributed by atoms with E-state index >= 15 is 0 Å². The molecule has 1 aliphatic carbocycles. The first kappa shape index (κ1) is 12.7. The lowest BCUT2D eigenvalue weighted by Gasteiger charge is -2.16. The highest BCUT2D eigenvalue weighted by molar-refractivity contribution is 5.84. The normalized spacial score (nSPS) is 13.8. The number of benzene rings is 1. The van der Waals surface area contributed by atoms with Crippen LogP contribution in [0.25, 0.3) is 0 Å². The molecule has 0 fully saturated rings. The molecule has 3 rings (SSSR count). The third-order valence-electron chi connectivity index (χ3n) is 3.45. The van der Waals surface area contributed by atoms with Gasteiger partial charge in [-0.15, -0.1) is 0 Å². The van der Waals surface area contributed by atoms with E-state index in [1.807, 2.05) is 6.07 Å². The maximum atomic E-state index is 10.7. The summed E-state index contributed by atoms with van der Waals surface area (Å²) in [5.74, 6) is -0.0744. The van der Waals surface area contributed by atoms with Gasteiger partial charge in [-0.3, -0.25) is 0 Å². The molecule has 0 radical (unpaired) electrons. The van der Waals surface area contributed by atoms with Crippen molar-refractivity contribution in [2.24, 2.45) is 0 Å². The molecule has 5 heteroatoms. The molecule has 20 heavy (non-hydrogen) atoms. The van der Waals surface area contributed by atoms with E-state index in [9.17, 15) is 4.79 Å². The minimum absolute atomic E-state index is 0.103. The fraction of sp³-hybridized carbons (Fsp3) is 0.333. The van der Waals surface area contributed by atoms with Gasteiger partial charge in [0.2, 0.25) is 5.89 Å². The zero-order valence-corrected chi connectivity index (χ0v) is 11.0. The summed E-state index contributed by atoms with van der Waals surface area (Å²) >= 11 is 0. The number of aromatic nitrogens is 1. The lowest BCUT2D eigenvalue weighted by atomic mass is 9.92. The Kier molecular flexibility index (Phi) is 3.41. The van der Waals surface area contributed by atoms with Crippen LogP contribution in [0.15, 0.2) is 28.9 Å². The predicted octanol–water partition coefficient (Wildman–Crippen LogP) is 2.83. The van der Waals surface area contributed by atoms with Crippen molar-refractivity contribution >= 4 is 5.97 Å². The number of aromatic carboxylic acids is 1. The van der Waals surface area contributed by atoms with Crippen LogP contribution < -0.4 is 4.74 Å². The van der Waals surface area contributed by atoms with Crippen LogP contribution in [-0.2, 0) is 19.4 Å². The van der Waals surface area contributed by atoms with Crippen molar-refractivity contribution in [1.29, 1.82) is 0 Å². The number of hydrogen-bond acceptors (Lipinski definition) is 4. The van der Waals surface area contributed by atoms with Crippen LogP contribution in [0.2, 0.25) is 0 Å². The van der Waals surface area contributed by atoms with E-state index in [4.69, 9.17) is 14.3 Å². The van der Waals surface area contributed by atoms with Crippen LogP contribution in [0, 0.1) is 0 Å². The minimum Gasteiger partial charge on any atom is -0.484 e. The molecule has 0 unspecified atom stereocenters. The number of carboxylic acid groups (broad SMARTS) is 1. The Morgan fingerprint density at radius 3 is 2.85 bits per heavy atom. The van der Waals surface area contributed by atoms with Crippen molar-refractivity contribution < 1.29 is 19.1 Å². The van der Waals surface area contributed by atoms with Crippen molar-refractivity contribution in [2.45, 2.75) is 32.3 Å². The summed E-state index contributed by atoms with van der Waals surface area (Å²) in [4.78, 5) is 14.5. The van der Waals surface area contributed by atoms with Crippen molar-refractivity contribution in [3.63, 3.8) is 0 Å². The fourth-order valence-corrected chi connectivity index (χ4v) is 2.42. The molecule has 2 aromatic rings. The van der Waals surface area contributed by atoms with E-state index in [1.54, 1.807) is 0 Å². The van der Waals surface area contributed by atoms with Gasteiger partial charge in [0.05, 0.1) is 0 Å². The quantitative estimate of drug-likeness (QED) is 0.927. The summed E-state index contributed by atoms with van der Waals surface area (Å²) in [5, 5.41) is 8.75. The molecule has 0 aliphatic heterocycles. The van der Waals surface area contributed by atoms with Crippen molar-refractivity contribution in [3.8, 4) is 5.75 Å². The smallest absolute Gasteiger partial charge is 0.357 e. The summed E-state index contributed by atoms with van der Waals surface area (Å²) in [5.41, 5.74) is 2.63. The molecule has 1 aliphatic rings. The molecule has 1 aromatic carbocycles. The van der Waals surface area contributed by atoms with Gasteiger partial charge in [-0.1, -0.05) is 6.07 Å². The third kappa shape index (κ3) is 2.66. The molecule has 0 saturated heterocycles. The summed E-state index contributed by atoms with van der Waals surface area (Å²) in [6.45, 7) is 0.131. The number of carboxylic acids is 1. The Balaban J connectivity index is 1.67. The Labute approximate surface area is 116 Å². The topological polar surface area (TPSA) is 72.6 Å². The standard InChI is InChI=1S/C15H15NO4/c17-15(18)13-8-20-14(16-13)9-19-12-6-5-10-3-1-2-4-11(10)7-12/h5-8H,1-4,9H2,(H,17,18). The SMILES string of the molecule is O=C(O)c1coc(COc2ccc3c(c2)CCCC3)n1. The van der Waals surface area contributed by atoms with Crippen molar-refractivity contribution in [3.05, 3.63) is 47.2 Å². The fourth-order valence-electron chi connectivity index (χ4n) is 2.42. The number of oxazole rings is 1. The number of carbonyl (C=O) groups is 1. The molecule has 0 saturated carbocycles. The van der Waals surface area contributed by atoms with Gasteiger partial charge in [0, 0.05) is 0 Å². The second kappa shape index (κ2) is 5.36. The molecule has 1 N–H and O–H groups in total. The van der Waals surface area contributed by atoms with Crippen LogP contribution in [0.5, 0.6) is 5.75 Å². The number of nitrogens with zero attached hydrogens (tertiary/aromatic N) is 1. The Bertz CT molecular complexity index is 633. The predicted molar refractivity (Wildman–Crippen MR) is 70.9 cm³/mol. The van der Waals surface area contributed by atoms with E-state index < -0.39 is 5.97 Å². The highest BCUT2D eigenvalue weighted by atomic mass is 16.5. The highest BCUT2D eigenvalue weighted by Gasteiger charge is 2.12. The Hall–Kier alpha value is -2.30. The number of hydrogen-bond donors (Lipinski definition) is 1. The summed E-state index contributed by atoms with van der Waals surface area (Å²) < 4.78 is 10.6. The summed E-state index contributed by atoms with van der Waals surface area (Å²) in [6, 6.07) is 6.09. The van der Waals surface area contributed by atoms with Gasteiger partial charge in [-0.05, 0) is 48.9 Å². The monoisotopic (exact) mass is 273 g/mol. The average molecular weight is 273 g/mol. The van der Waals surface area contributed by atoms with E-state index in [-0.39, 0.29) is 18.2 Å². The second-order valence-electron chi connectivity index (χ2n) is 4.86. The Morgan fingerprint density at radius 1 is 1.30 bits per heavy atom. The summed E-state index contributed by atoms with van der Waals surface area (Å²) in [7, 11) is 0. The molecular weight excluding hydrogens is 258 g/mol. The average Bonchev–Trinajstić information content (AvgIpc) is 2.94. The van der Waals surface area contributed by atoms with Crippen LogP contribution in [0.3, 0.4) is 0 Å². The second-order valence-corrected chi connectivity index (χ2v) is 4.86. The van der Waals surface area contributed by atoms with Crippen LogP contribution in [-0.4, -0.2) is 16.1 Å². The van der Waals surface area contributed by atoms with Gasteiger partial charge >= 0.3 is 5.97 Å². The zero-order chi connectivity index (χ0) is 13.9. The lowest BCUT2D eigenvalue weighted by Crippen LogP contribution is -2.04. The molecule has 5 nitrogen and oxygen atoms in total. The van der Waals surface area contributed by atoms with Crippen molar-refractivity contribution in [1.82, 2.24) is 4.98 Å². The van der Waals surface area contributed by atoms with Crippen LogP contribution in [0.4, 0.5) is 0 Å². The first-order valence-corrected chi connectivity index (χ1v) is 6.64. The molecule has 0 spiro atoms. The molecule has 104 valence electrons. The zero-order valence-electron chi connectivity index (χ0n) is 11.0. The van der Waals surface area contributed by atoms with Crippen molar-refractivity contribution in [2.75, 3.05) is 0 Å².